The van der Waals surface area contributed by atoms with Crippen LogP contribution < -0.4 is 5.32 Å². The molecular weight excluding hydrogens is 324 g/mol. The molecule has 0 aliphatic carbocycles. The van der Waals surface area contributed by atoms with Crippen molar-refractivity contribution >= 4 is 5.91 Å². The Hall–Kier alpha value is -2.14. The molecule has 1 aromatic heterocycles. The summed E-state index contributed by atoms with van der Waals surface area (Å²) < 4.78 is 0. The summed E-state index contributed by atoms with van der Waals surface area (Å²) in [5, 5.41) is 3.47. The molecule has 138 valence electrons. The van der Waals surface area contributed by atoms with Gasteiger partial charge in [-0.3, -0.25) is 4.79 Å². The Bertz CT molecular complexity index is 833. The number of aryl methyl sites for hydroxylation is 2. The van der Waals surface area contributed by atoms with Gasteiger partial charge < -0.3 is 15.2 Å². The highest BCUT2D eigenvalue weighted by Crippen LogP contribution is 2.28. The molecule has 5 heteroatoms. The maximum Gasteiger partial charge on any atom is 0.254 e. The summed E-state index contributed by atoms with van der Waals surface area (Å²) >= 11 is 0. The Morgan fingerprint density at radius 3 is 2.69 bits per heavy atom. The summed E-state index contributed by atoms with van der Waals surface area (Å²) in [5.74, 6) is 1.05. The Morgan fingerprint density at radius 2 is 1.92 bits per heavy atom. The van der Waals surface area contributed by atoms with E-state index in [2.05, 4.69) is 30.2 Å². The molecule has 0 bridgehead atoms. The lowest BCUT2D eigenvalue weighted by molar-refractivity contribution is 0.0723. The zero-order valence-electron chi connectivity index (χ0n) is 16.0. The summed E-state index contributed by atoms with van der Waals surface area (Å²) in [6.07, 6.45) is 4.39. The normalized spacial score (nSPS) is 20.1. The van der Waals surface area contributed by atoms with Gasteiger partial charge in [-0.15, -0.1) is 0 Å². The first-order chi connectivity index (χ1) is 12.5. The lowest BCUT2D eigenvalue weighted by Gasteiger charge is -2.27. The van der Waals surface area contributed by atoms with Gasteiger partial charge in [0.2, 0.25) is 0 Å². The molecule has 1 atom stereocenters. The number of hydrogen-bond donors (Lipinski definition) is 2. The number of amides is 1. The van der Waals surface area contributed by atoms with Crippen molar-refractivity contribution in [2.45, 2.75) is 59.0 Å². The quantitative estimate of drug-likeness (QED) is 0.871. The van der Waals surface area contributed by atoms with Crippen LogP contribution >= 0.6 is 0 Å². The van der Waals surface area contributed by atoms with E-state index in [4.69, 9.17) is 4.98 Å². The van der Waals surface area contributed by atoms with E-state index in [1.54, 1.807) is 0 Å². The van der Waals surface area contributed by atoms with Gasteiger partial charge in [0, 0.05) is 43.2 Å². The molecule has 3 heterocycles. The minimum absolute atomic E-state index is 0.162. The Kier molecular flexibility index (Phi) is 4.57. The Balaban J connectivity index is 1.70. The van der Waals surface area contributed by atoms with E-state index in [0.717, 1.165) is 72.7 Å². The van der Waals surface area contributed by atoms with E-state index in [9.17, 15) is 4.79 Å². The molecule has 4 rings (SSSR count). The number of carbonyl (C=O) groups excluding carboxylic acids is 1. The topological polar surface area (TPSA) is 61.0 Å². The third kappa shape index (κ3) is 3.16. The van der Waals surface area contributed by atoms with Gasteiger partial charge in [0.15, 0.2) is 0 Å². The first-order valence-corrected chi connectivity index (χ1v) is 9.75. The van der Waals surface area contributed by atoms with Gasteiger partial charge >= 0.3 is 0 Å². The number of aromatic nitrogens is 2. The van der Waals surface area contributed by atoms with Crippen LogP contribution in [0.3, 0.4) is 0 Å². The molecule has 0 saturated carbocycles. The van der Waals surface area contributed by atoms with Gasteiger partial charge in [0.1, 0.15) is 5.82 Å². The number of hydrogen-bond acceptors (Lipinski definition) is 3. The average Bonchev–Trinajstić information content (AvgIpc) is 3.04. The number of nitrogens with one attached hydrogen (secondary N) is 2. The highest BCUT2D eigenvalue weighted by Gasteiger charge is 2.23. The molecule has 1 fully saturated rings. The largest absolute Gasteiger partial charge is 0.341 e. The fourth-order valence-electron chi connectivity index (χ4n) is 4.13. The zero-order chi connectivity index (χ0) is 18.3. The highest BCUT2D eigenvalue weighted by molar-refractivity contribution is 5.97. The van der Waals surface area contributed by atoms with Crippen LogP contribution in [-0.2, 0) is 13.0 Å². The molecule has 2 aromatic rings. The number of fused-ring (bicyclic) bond motifs is 1. The molecular formula is C21H28N4O. The minimum Gasteiger partial charge on any atom is -0.341 e. The number of carbonyl (C=O) groups is 1. The van der Waals surface area contributed by atoms with Gasteiger partial charge in [-0.1, -0.05) is 6.07 Å². The lowest BCUT2D eigenvalue weighted by Crippen LogP contribution is -2.36. The summed E-state index contributed by atoms with van der Waals surface area (Å²) in [4.78, 5) is 23.4. The number of H-pyrrole nitrogens is 1. The van der Waals surface area contributed by atoms with Gasteiger partial charge in [-0.2, -0.15) is 0 Å². The van der Waals surface area contributed by atoms with Crippen molar-refractivity contribution in [3.63, 3.8) is 0 Å². The Labute approximate surface area is 155 Å². The molecule has 1 aromatic carbocycles. The van der Waals surface area contributed by atoms with Crippen LogP contribution in [0.25, 0.3) is 11.4 Å². The molecule has 0 radical (unpaired) electrons. The van der Waals surface area contributed by atoms with Crippen molar-refractivity contribution in [2.24, 2.45) is 0 Å². The first kappa shape index (κ1) is 17.3. The Morgan fingerprint density at radius 1 is 1.15 bits per heavy atom. The highest BCUT2D eigenvalue weighted by atomic mass is 16.2. The fraction of sp³-hybridized carbons (Fsp3) is 0.524. The number of benzene rings is 1. The molecule has 2 aliphatic heterocycles. The van der Waals surface area contributed by atoms with Gasteiger partial charge in [0.25, 0.3) is 5.91 Å². The molecule has 0 spiro atoms. The second-order valence-electron chi connectivity index (χ2n) is 7.83. The van der Waals surface area contributed by atoms with E-state index in [1.165, 1.54) is 12.1 Å². The third-order valence-electron chi connectivity index (χ3n) is 5.69. The SMILES string of the molecule is Cc1cc(C)c(-c2nc3c([nH]2)CNC(C)C3)cc1C(=O)N1CCCCC1. The van der Waals surface area contributed by atoms with Crippen molar-refractivity contribution in [3.8, 4) is 11.4 Å². The number of likely N-dealkylation sites (tertiary alicyclic amines) is 1. The van der Waals surface area contributed by atoms with Crippen LogP contribution in [0.15, 0.2) is 12.1 Å². The average molecular weight is 352 g/mol. The zero-order valence-corrected chi connectivity index (χ0v) is 16.0. The third-order valence-corrected chi connectivity index (χ3v) is 5.69. The van der Waals surface area contributed by atoms with E-state index < -0.39 is 0 Å². The predicted octanol–water partition coefficient (Wildman–Crippen LogP) is 3.35. The number of aromatic amines is 1. The van der Waals surface area contributed by atoms with Crippen LogP contribution in [-0.4, -0.2) is 39.9 Å². The second kappa shape index (κ2) is 6.88. The molecule has 1 saturated heterocycles. The van der Waals surface area contributed by atoms with Crippen LogP contribution in [0.5, 0.6) is 0 Å². The van der Waals surface area contributed by atoms with Crippen molar-refractivity contribution in [3.05, 3.63) is 40.2 Å². The molecule has 5 nitrogen and oxygen atoms in total. The van der Waals surface area contributed by atoms with Gasteiger partial charge in [0.05, 0.1) is 11.4 Å². The van der Waals surface area contributed by atoms with E-state index in [0.29, 0.717) is 6.04 Å². The molecule has 1 unspecified atom stereocenters. The van der Waals surface area contributed by atoms with Crippen molar-refractivity contribution in [1.82, 2.24) is 20.2 Å². The summed E-state index contributed by atoms with van der Waals surface area (Å²) in [6.45, 7) is 8.89. The summed E-state index contributed by atoms with van der Waals surface area (Å²) in [6, 6.07) is 4.62. The van der Waals surface area contributed by atoms with Crippen molar-refractivity contribution in [2.75, 3.05) is 13.1 Å². The maximum atomic E-state index is 13.0. The number of piperidine rings is 1. The van der Waals surface area contributed by atoms with E-state index in [1.807, 2.05) is 17.9 Å². The molecule has 26 heavy (non-hydrogen) atoms. The van der Waals surface area contributed by atoms with Gasteiger partial charge in [-0.05, 0) is 57.2 Å². The summed E-state index contributed by atoms with van der Waals surface area (Å²) in [7, 11) is 0. The fourth-order valence-corrected chi connectivity index (χ4v) is 4.13. The predicted molar refractivity (Wildman–Crippen MR) is 103 cm³/mol. The standard InChI is InChI=1S/C21H28N4O/c1-13-9-14(2)17(21(26)25-7-5-4-6-8-25)11-16(13)20-23-18-10-15(3)22-12-19(18)24-20/h9,11,15,22H,4-8,10,12H2,1-3H3,(H,23,24). The van der Waals surface area contributed by atoms with Crippen molar-refractivity contribution < 1.29 is 4.79 Å². The van der Waals surface area contributed by atoms with E-state index in [-0.39, 0.29) is 5.91 Å². The van der Waals surface area contributed by atoms with Crippen LogP contribution in [0.2, 0.25) is 0 Å². The van der Waals surface area contributed by atoms with Gasteiger partial charge in [-0.25, -0.2) is 4.98 Å². The summed E-state index contributed by atoms with van der Waals surface area (Å²) in [5.41, 5.74) is 6.38. The van der Waals surface area contributed by atoms with E-state index >= 15 is 0 Å². The number of imidazole rings is 1. The molecule has 1 amide bonds. The second-order valence-corrected chi connectivity index (χ2v) is 7.83. The molecule has 2 N–H and O–H groups in total. The smallest absolute Gasteiger partial charge is 0.254 e. The lowest BCUT2D eigenvalue weighted by atomic mass is 9.98. The molecule has 2 aliphatic rings. The van der Waals surface area contributed by atoms with Crippen molar-refractivity contribution in [1.29, 1.82) is 0 Å². The van der Waals surface area contributed by atoms with Crippen LogP contribution in [0.1, 0.15) is 59.1 Å². The number of rotatable bonds is 2. The van der Waals surface area contributed by atoms with Crippen LogP contribution in [0, 0.1) is 13.8 Å². The monoisotopic (exact) mass is 352 g/mol. The first-order valence-electron chi connectivity index (χ1n) is 9.75. The van der Waals surface area contributed by atoms with Crippen LogP contribution in [0.4, 0.5) is 0 Å². The maximum absolute atomic E-state index is 13.0. The minimum atomic E-state index is 0.162. The number of nitrogens with zero attached hydrogens (tertiary/aromatic N) is 2.